The molecule has 0 aromatic rings. The normalized spacial score (nSPS) is 16.0. The molecule has 0 rings (SSSR count). The first-order valence-electron chi connectivity index (χ1n) is 4.42. The van der Waals surface area contributed by atoms with Crippen LogP contribution in [0.4, 0.5) is 0 Å². The first-order chi connectivity index (χ1) is 7.25. The van der Waals surface area contributed by atoms with Gasteiger partial charge >= 0.3 is 17.9 Å². The van der Waals surface area contributed by atoms with Gasteiger partial charge in [0.2, 0.25) is 0 Å². The molecule has 6 N–H and O–H groups in total. The molecular formula is C8H14N2O6. The van der Waals surface area contributed by atoms with E-state index in [1.54, 1.807) is 0 Å². The third kappa shape index (κ3) is 4.82. The largest absolute Gasteiger partial charge is 0.480 e. The molecule has 0 saturated carbocycles. The van der Waals surface area contributed by atoms with Gasteiger partial charge in [0.1, 0.15) is 12.1 Å². The molecule has 0 amide bonds. The Hall–Kier alpha value is -1.51. The van der Waals surface area contributed by atoms with Gasteiger partial charge in [0.15, 0.2) is 0 Å². The van der Waals surface area contributed by atoms with Crippen LogP contribution in [0.1, 0.15) is 13.3 Å². The number of carbonyl (C=O) groups is 3. The summed E-state index contributed by atoms with van der Waals surface area (Å²) in [5, 5.41) is 17.3. The summed E-state index contributed by atoms with van der Waals surface area (Å²) < 4.78 is 4.19. The molecule has 0 saturated heterocycles. The van der Waals surface area contributed by atoms with Crippen molar-refractivity contribution in [3.8, 4) is 0 Å². The van der Waals surface area contributed by atoms with Gasteiger partial charge in [-0.05, 0) is 6.92 Å². The lowest BCUT2D eigenvalue weighted by atomic mass is 10.2. The SMILES string of the molecule is C[C@@H](O)[C@H](N)C(=O)OC(=O)C[C@H](N)C(=O)O. The summed E-state index contributed by atoms with van der Waals surface area (Å²) >= 11 is 0. The van der Waals surface area contributed by atoms with E-state index in [4.69, 9.17) is 21.7 Å². The van der Waals surface area contributed by atoms with Crippen molar-refractivity contribution in [3.63, 3.8) is 0 Å². The van der Waals surface area contributed by atoms with Crippen LogP contribution in [0.25, 0.3) is 0 Å². The summed E-state index contributed by atoms with van der Waals surface area (Å²) in [6.07, 6.45) is -1.82. The zero-order valence-electron chi connectivity index (χ0n) is 8.62. The van der Waals surface area contributed by atoms with Crippen molar-refractivity contribution in [3.05, 3.63) is 0 Å². The van der Waals surface area contributed by atoms with Crippen LogP contribution < -0.4 is 11.5 Å². The molecule has 0 aromatic heterocycles. The molecule has 0 aromatic carbocycles. The molecule has 0 unspecified atom stereocenters. The first-order valence-corrected chi connectivity index (χ1v) is 4.42. The molecule has 0 aliphatic rings. The minimum absolute atomic E-state index is 0.645. The lowest BCUT2D eigenvalue weighted by Gasteiger charge is -2.13. The number of aliphatic carboxylic acids is 1. The van der Waals surface area contributed by atoms with Crippen molar-refractivity contribution in [1.82, 2.24) is 0 Å². The second kappa shape index (κ2) is 6.16. The van der Waals surface area contributed by atoms with Crippen molar-refractivity contribution < 1.29 is 29.3 Å². The maximum Gasteiger partial charge on any atom is 0.333 e. The van der Waals surface area contributed by atoms with Crippen LogP contribution in [-0.4, -0.2) is 46.3 Å². The van der Waals surface area contributed by atoms with Gasteiger partial charge in [-0.1, -0.05) is 0 Å². The van der Waals surface area contributed by atoms with Gasteiger partial charge in [0.25, 0.3) is 0 Å². The molecule has 0 spiro atoms. The number of carboxylic acids is 1. The number of aliphatic hydroxyl groups is 1. The third-order valence-electron chi connectivity index (χ3n) is 1.71. The van der Waals surface area contributed by atoms with Gasteiger partial charge in [0, 0.05) is 0 Å². The number of esters is 2. The summed E-state index contributed by atoms with van der Waals surface area (Å²) in [7, 11) is 0. The smallest absolute Gasteiger partial charge is 0.333 e. The monoisotopic (exact) mass is 234 g/mol. The first kappa shape index (κ1) is 14.5. The van der Waals surface area contributed by atoms with Gasteiger partial charge in [-0.2, -0.15) is 0 Å². The zero-order chi connectivity index (χ0) is 12.9. The Morgan fingerprint density at radius 3 is 2.19 bits per heavy atom. The number of rotatable bonds is 5. The van der Waals surface area contributed by atoms with Crippen molar-refractivity contribution in [2.24, 2.45) is 11.5 Å². The fourth-order valence-corrected chi connectivity index (χ4v) is 0.686. The standard InChI is InChI=1S/C8H14N2O6/c1-3(11)6(10)8(15)16-5(12)2-4(9)7(13)14/h3-4,6,11H,2,9-10H2,1H3,(H,13,14)/t3-,4+,6+/m1/s1. The lowest BCUT2D eigenvalue weighted by Crippen LogP contribution is -2.43. The predicted octanol–water partition coefficient (Wildman–Crippen LogP) is -2.43. The second-order valence-electron chi connectivity index (χ2n) is 3.21. The molecule has 0 bridgehead atoms. The third-order valence-corrected chi connectivity index (χ3v) is 1.71. The van der Waals surface area contributed by atoms with E-state index in [-0.39, 0.29) is 0 Å². The number of carboxylic acid groups (broad SMARTS) is 1. The van der Waals surface area contributed by atoms with Crippen molar-refractivity contribution >= 4 is 17.9 Å². The average molecular weight is 234 g/mol. The summed E-state index contributed by atoms with van der Waals surface area (Å²) in [6.45, 7) is 1.25. The molecule has 8 heteroatoms. The summed E-state index contributed by atoms with van der Waals surface area (Å²) in [6, 6.07) is -2.80. The minimum atomic E-state index is -1.44. The topological polar surface area (TPSA) is 153 Å². The molecular weight excluding hydrogens is 220 g/mol. The molecule has 0 aliphatic heterocycles. The van der Waals surface area contributed by atoms with Crippen LogP contribution in [0.2, 0.25) is 0 Å². The fourth-order valence-electron chi connectivity index (χ4n) is 0.686. The highest BCUT2D eigenvalue weighted by molar-refractivity contribution is 5.90. The van der Waals surface area contributed by atoms with Crippen LogP contribution in [0, 0.1) is 0 Å². The number of carbonyl (C=O) groups excluding carboxylic acids is 2. The maximum atomic E-state index is 11.0. The van der Waals surface area contributed by atoms with Gasteiger partial charge in [-0.15, -0.1) is 0 Å². The van der Waals surface area contributed by atoms with Crippen LogP contribution in [0.5, 0.6) is 0 Å². The van der Waals surface area contributed by atoms with Gasteiger partial charge in [-0.25, -0.2) is 4.79 Å². The van der Waals surface area contributed by atoms with E-state index >= 15 is 0 Å². The molecule has 0 heterocycles. The van der Waals surface area contributed by atoms with Crippen molar-refractivity contribution in [2.45, 2.75) is 31.5 Å². The highest BCUT2D eigenvalue weighted by Crippen LogP contribution is 1.97. The van der Waals surface area contributed by atoms with E-state index < -0.39 is 42.5 Å². The van der Waals surface area contributed by atoms with Crippen LogP contribution >= 0.6 is 0 Å². The molecule has 0 aliphatic carbocycles. The van der Waals surface area contributed by atoms with E-state index in [2.05, 4.69) is 4.74 Å². The Bertz CT molecular complexity index is 290. The van der Waals surface area contributed by atoms with Gasteiger partial charge in [-0.3, -0.25) is 9.59 Å². The van der Waals surface area contributed by atoms with E-state index in [0.717, 1.165) is 0 Å². The molecule has 8 nitrogen and oxygen atoms in total. The summed E-state index contributed by atoms with van der Waals surface area (Å²) in [4.78, 5) is 32.3. The summed E-state index contributed by atoms with van der Waals surface area (Å²) in [5.74, 6) is -3.61. The van der Waals surface area contributed by atoms with Crippen molar-refractivity contribution in [1.29, 1.82) is 0 Å². The Labute approximate surface area is 91.2 Å². The Morgan fingerprint density at radius 2 is 1.81 bits per heavy atom. The van der Waals surface area contributed by atoms with Crippen LogP contribution in [0.3, 0.4) is 0 Å². The fraction of sp³-hybridized carbons (Fsp3) is 0.625. The second-order valence-corrected chi connectivity index (χ2v) is 3.21. The minimum Gasteiger partial charge on any atom is -0.480 e. The predicted molar refractivity (Wildman–Crippen MR) is 51.0 cm³/mol. The van der Waals surface area contributed by atoms with E-state index in [9.17, 15) is 14.4 Å². The Balaban J connectivity index is 4.16. The molecule has 0 fully saturated rings. The highest BCUT2D eigenvalue weighted by atomic mass is 16.6. The Morgan fingerprint density at radius 1 is 1.31 bits per heavy atom. The number of hydrogen-bond donors (Lipinski definition) is 4. The van der Waals surface area contributed by atoms with Gasteiger partial charge < -0.3 is 26.4 Å². The van der Waals surface area contributed by atoms with E-state index in [0.29, 0.717) is 0 Å². The number of ether oxygens (including phenoxy) is 1. The number of hydrogen-bond acceptors (Lipinski definition) is 7. The highest BCUT2D eigenvalue weighted by Gasteiger charge is 2.25. The van der Waals surface area contributed by atoms with Gasteiger partial charge in [0.05, 0.1) is 12.5 Å². The van der Waals surface area contributed by atoms with Crippen molar-refractivity contribution in [2.75, 3.05) is 0 Å². The Kier molecular flexibility index (Phi) is 5.57. The average Bonchev–Trinajstić information content (AvgIpc) is 2.15. The van der Waals surface area contributed by atoms with E-state index in [1.165, 1.54) is 6.92 Å². The lowest BCUT2D eigenvalue weighted by molar-refractivity contribution is -0.163. The quantitative estimate of drug-likeness (QED) is 0.302. The molecule has 16 heavy (non-hydrogen) atoms. The van der Waals surface area contributed by atoms with Crippen LogP contribution in [-0.2, 0) is 19.1 Å². The van der Waals surface area contributed by atoms with Crippen LogP contribution in [0.15, 0.2) is 0 Å². The summed E-state index contributed by atoms with van der Waals surface area (Å²) in [5.41, 5.74) is 10.2. The molecule has 0 radical (unpaired) electrons. The molecule has 92 valence electrons. The number of aliphatic hydroxyl groups excluding tert-OH is 1. The molecule has 3 atom stereocenters. The maximum absolute atomic E-state index is 11.0. The van der Waals surface area contributed by atoms with E-state index in [1.807, 2.05) is 0 Å². The number of nitrogens with two attached hydrogens (primary N) is 2. The zero-order valence-corrected chi connectivity index (χ0v) is 8.62.